The number of Topliss-reactive ketones (excluding diaryl/α,β-unsaturated/α-hetero) is 1. The van der Waals surface area contributed by atoms with Gasteiger partial charge in [-0.25, -0.2) is 4.79 Å². The maximum Gasteiger partial charge on any atom is 0.411 e. The number of ketones is 1. The molecule has 2 fully saturated rings. The van der Waals surface area contributed by atoms with Crippen LogP contribution in [0, 0.1) is 5.92 Å². The summed E-state index contributed by atoms with van der Waals surface area (Å²) in [5.41, 5.74) is -0.0676. The lowest BCUT2D eigenvalue weighted by Crippen LogP contribution is -2.48. The Morgan fingerprint density at radius 3 is 2.42 bits per heavy atom. The third-order valence-corrected chi connectivity index (χ3v) is 6.05. The largest absolute Gasteiger partial charge is 0.446 e. The Labute approximate surface area is 200 Å². The SMILES string of the molecule is CNC(=O)C(=O)C(C[C@@H]1C[C@@H](C)NC1=O)NC(=O)c1cc(Cl)c(Cl)cc1NC(=O)OC1CC1. The highest BCUT2D eigenvalue weighted by Gasteiger charge is 2.36. The van der Waals surface area contributed by atoms with Crippen molar-refractivity contribution in [3.05, 3.63) is 27.7 Å². The number of amides is 4. The lowest BCUT2D eigenvalue weighted by Gasteiger charge is -2.20. The van der Waals surface area contributed by atoms with Gasteiger partial charge in [0.25, 0.3) is 11.8 Å². The van der Waals surface area contributed by atoms with E-state index in [4.69, 9.17) is 27.9 Å². The number of nitrogens with one attached hydrogen (secondary N) is 4. The van der Waals surface area contributed by atoms with Crippen LogP contribution in [-0.4, -0.2) is 54.8 Å². The number of anilines is 1. The van der Waals surface area contributed by atoms with Gasteiger partial charge in [-0.05, 0) is 44.7 Å². The van der Waals surface area contributed by atoms with Crippen molar-refractivity contribution < 1.29 is 28.7 Å². The van der Waals surface area contributed by atoms with Crippen LogP contribution in [0.15, 0.2) is 12.1 Å². The third kappa shape index (κ3) is 6.35. The molecule has 10 nitrogen and oxygen atoms in total. The number of hydrogen-bond donors (Lipinski definition) is 4. The van der Waals surface area contributed by atoms with Gasteiger partial charge in [-0.1, -0.05) is 23.2 Å². The molecule has 178 valence electrons. The molecule has 1 saturated heterocycles. The zero-order valence-corrected chi connectivity index (χ0v) is 19.5. The van der Waals surface area contributed by atoms with Gasteiger partial charge in [0.15, 0.2) is 0 Å². The maximum absolute atomic E-state index is 13.1. The second-order valence-corrected chi connectivity index (χ2v) is 8.90. The highest BCUT2D eigenvalue weighted by atomic mass is 35.5. The first-order chi connectivity index (χ1) is 15.6. The van der Waals surface area contributed by atoms with Crippen molar-refractivity contribution in [1.29, 1.82) is 0 Å². The molecule has 0 bridgehead atoms. The fourth-order valence-corrected chi connectivity index (χ4v) is 3.83. The zero-order chi connectivity index (χ0) is 24.3. The minimum Gasteiger partial charge on any atom is -0.446 e. The van der Waals surface area contributed by atoms with Crippen LogP contribution >= 0.6 is 23.2 Å². The molecule has 0 spiro atoms. The Morgan fingerprint density at radius 2 is 1.85 bits per heavy atom. The van der Waals surface area contributed by atoms with E-state index in [1.807, 2.05) is 6.92 Å². The van der Waals surface area contributed by atoms with Gasteiger partial charge in [0.05, 0.1) is 27.3 Å². The highest BCUT2D eigenvalue weighted by Crippen LogP contribution is 2.31. The minimum absolute atomic E-state index is 0.0194. The van der Waals surface area contributed by atoms with E-state index in [0.717, 1.165) is 12.8 Å². The van der Waals surface area contributed by atoms with Crippen LogP contribution in [0.2, 0.25) is 10.0 Å². The minimum atomic E-state index is -1.28. The van der Waals surface area contributed by atoms with Gasteiger partial charge < -0.3 is 20.7 Å². The molecule has 3 rings (SSSR count). The van der Waals surface area contributed by atoms with E-state index >= 15 is 0 Å². The quantitative estimate of drug-likeness (QED) is 0.403. The van der Waals surface area contributed by atoms with Gasteiger partial charge in [-0.15, -0.1) is 0 Å². The number of rotatable bonds is 8. The first-order valence-electron chi connectivity index (χ1n) is 10.4. The summed E-state index contributed by atoms with van der Waals surface area (Å²) in [5, 5.41) is 10.1. The average molecular weight is 499 g/mol. The van der Waals surface area contributed by atoms with E-state index in [1.165, 1.54) is 19.2 Å². The first-order valence-corrected chi connectivity index (χ1v) is 11.2. The topological polar surface area (TPSA) is 143 Å². The van der Waals surface area contributed by atoms with Crippen LogP contribution in [0.1, 0.15) is 43.0 Å². The van der Waals surface area contributed by atoms with Crippen molar-refractivity contribution in [2.75, 3.05) is 12.4 Å². The van der Waals surface area contributed by atoms with E-state index in [0.29, 0.717) is 6.42 Å². The van der Waals surface area contributed by atoms with E-state index in [-0.39, 0.29) is 45.8 Å². The molecule has 3 atom stereocenters. The molecule has 4 amide bonds. The number of carbonyl (C=O) groups is 5. The van der Waals surface area contributed by atoms with Crippen LogP contribution in [0.5, 0.6) is 0 Å². The summed E-state index contributed by atoms with van der Waals surface area (Å²) in [7, 11) is 1.29. The summed E-state index contributed by atoms with van der Waals surface area (Å²) in [4.78, 5) is 62.0. The van der Waals surface area contributed by atoms with E-state index in [1.54, 1.807) is 0 Å². The summed E-state index contributed by atoms with van der Waals surface area (Å²) in [6.45, 7) is 1.82. The Kier molecular flexibility index (Phi) is 7.80. The smallest absolute Gasteiger partial charge is 0.411 e. The molecule has 0 aromatic heterocycles. The van der Waals surface area contributed by atoms with E-state index < -0.39 is 35.7 Å². The number of likely N-dealkylation sites (N-methyl/N-ethyl adjacent to an activating group) is 1. The molecule has 1 aromatic rings. The van der Waals surface area contributed by atoms with Crippen molar-refractivity contribution in [2.45, 2.75) is 50.8 Å². The van der Waals surface area contributed by atoms with Crippen molar-refractivity contribution in [1.82, 2.24) is 16.0 Å². The van der Waals surface area contributed by atoms with Crippen LogP contribution in [0.4, 0.5) is 10.5 Å². The molecule has 1 aliphatic carbocycles. The van der Waals surface area contributed by atoms with Gasteiger partial charge in [0.1, 0.15) is 6.10 Å². The van der Waals surface area contributed by atoms with Gasteiger partial charge in [-0.2, -0.15) is 0 Å². The lowest BCUT2D eigenvalue weighted by molar-refractivity contribution is -0.139. The molecule has 1 aliphatic heterocycles. The van der Waals surface area contributed by atoms with Crippen molar-refractivity contribution in [3.8, 4) is 0 Å². The van der Waals surface area contributed by atoms with Crippen molar-refractivity contribution >= 4 is 58.5 Å². The standard InChI is InChI=1S/C21H24Cl2N4O6/c1-9-5-10(18(29)25-9)6-16(17(28)20(31)24-2)26-19(30)12-7-13(22)14(23)8-15(12)27-21(32)33-11-3-4-11/h7-11,16H,3-6H2,1-2H3,(H,24,31)(H,25,29)(H,26,30)(H,27,32)/t9-,10+,16?/m1/s1. The van der Waals surface area contributed by atoms with Gasteiger partial charge in [-0.3, -0.25) is 24.5 Å². The lowest BCUT2D eigenvalue weighted by atomic mass is 9.93. The predicted octanol–water partition coefficient (Wildman–Crippen LogP) is 2.03. The summed E-state index contributed by atoms with van der Waals surface area (Å²) in [5.74, 6) is -3.41. The number of ether oxygens (including phenoxy) is 1. The van der Waals surface area contributed by atoms with Gasteiger partial charge >= 0.3 is 6.09 Å². The molecule has 12 heteroatoms. The Hall–Kier alpha value is -2.85. The average Bonchev–Trinajstić information content (AvgIpc) is 3.51. The van der Waals surface area contributed by atoms with Gasteiger partial charge in [0.2, 0.25) is 11.7 Å². The second-order valence-electron chi connectivity index (χ2n) is 8.09. The van der Waals surface area contributed by atoms with Crippen LogP contribution in [-0.2, 0) is 19.1 Å². The Balaban J connectivity index is 1.83. The van der Waals surface area contributed by atoms with Crippen molar-refractivity contribution in [3.63, 3.8) is 0 Å². The number of hydrogen-bond acceptors (Lipinski definition) is 6. The molecule has 2 aliphatic rings. The predicted molar refractivity (Wildman–Crippen MR) is 120 cm³/mol. The molecule has 0 radical (unpaired) electrons. The van der Waals surface area contributed by atoms with Crippen molar-refractivity contribution in [2.24, 2.45) is 5.92 Å². The summed E-state index contributed by atoms with van der Waals surface area (Å²) in [6.07, 6.45) is 0.984. The van der Waals surface area contributed by atoms with Crippen LogP contribution < -0.4 is 21.3 Å². The molecule has 1 heterocycles. The fraction of sp³-hybridized carbons (Fsp3) is 0.476. The van der Waals surface area contributed by atoms with E-state index in [9.17, 15) is 24.0 Å². The normalized spacial score (nSPS) is 20.4. The molecule has 4 N–H and O–H groups in total. The van der Waals surface area contributed by atoms with Gasteiger partial charge in [0, 0.05) is 19.0 Å². The Bertz CT molecular complexity index is 997. The summed E-state index contributed by atoms with van der Waals surface area (Å²) in [6, 6.07) is 1.16. The summed E-state index contributed by atoms with van der Waals surface area (Å²) >= 11 is 12.1. The third-order valence-electron chi connectivity index (χ3n) is 5.33. The second kappa shape index (κ2) is 10.4. The molecule has 33 heavy (non-hydrogen) atoms. The Morgan fingerprint density at radius 1 is 1.18 bits per heavy atom. The number of carbonyl (C=O) groups excluding carboxylic acids is 5. The highest BCUT2D eigenvalue weighted by molar-refractivity contribution is 6.42. The maximum atomic E-state index is 13.1. The molecule has 1 saturated carbocycles. The molecule has 1 unspecified atom stereocenters. The molecular formula is C21H24Cl2N4O6. The monoisotopic (exact) mass is 498 g/mol. The molecular weight excluding hydrogens is 475 g/mol. The van der Waals surface area contributed by atoms with Crippen LogP contribution in [0.3, 0.4) is 0 Å². The summed E-state index contributed by atoms with van der Waals surface area (Å²) < 4.78 is 5.14. The fourth-order valence-electron chi connectivity index (χ4n) is 3.50. The zero-order valence-electron chi connectivity index (χ0n) is 18.0. The number of halogens is 2. The number of benzene rings is 1. The molecule has 1 aromatic carbocycles. The first kappa shape index (κ1) is 24.8. The van der Waals surface area contributed by atoms with Crippen LogP contribution in [0.25, 0.3) is 0 Å². The van der Waals surface area contributed by atoms with E-state index in [2.05, 4.69) is 21.3 Å².